The maximum absolute atomic E-state index is 11.0. The van der Waals surface area contributed by atoms with E-state index in [2.05, 4.69) is 11.9 Å². The van der Waals surface area contributed by atoms with Crippen LogP contribution in [0.3, 0.4) is 0 Å². The van der Waals surface area contributed by atoms with Gasteiger partial charge in [0.1, 0.15) is 24.1 Å². The summed E-state index contributed by atoms with van der Waals surface area (Å²) < 4.78 is 5.29. The normalized spacial score (nSPS) is 37.5. The number of hydrogen-bond donors (Lipinski definition) is 4. The molecule has 0 aromatic rings. The predicted octanol–water partition coefficient (Wildman–Crippen LogP) is -2.16. The first-order valence-electron chi connectivity index (χ1n) is 5.13. The van der Waals surface area contributed by atoms with Gasteiger partial charge in [0.15, 0.2) is 6.23 Å². The van der Waals surface area contributed by atoms with Crippen molar-refractivity contribution in [1.82, 2.24) is 10.2 Å². The van der Waals surface area contributed by atoms with Crippen molar-refractivity contribution < 1.29 is 24.9 Å². The molecule has 4 N–H and O–H groups in total. The summed E-state index contributed by atoms with van der Waals surface area (Å²) in [6.07, 6.45) is -1.45. The Morgan fingerprint density at radius 3 is 2.71 bits per heavy atom. The van der Waals surface area contributed by atoms with Crippen molar-refractivity contribution in [2.45, 2.75) is 24.5 Å². The molecule has 0 bridgehead atoms. The van der Waals surface area contributed by atoms with Gasteiger partial charge in [0.25, 0.3) is 5.91 Å². The minimum atomic E-state index is -1.19. The molecule has 0 aromatic carbocycles. The third kappa shape index (κ3) is 2.05. The number of ether oxygens (including phenoxy) is 1. The largest absolute Gasteiger partial charge is 0.394 e. The second kappa shape index (κ2) is 4.46. The summed E-state index contributed by atoms with van der Waals surface area (Å²) in [7, 11) is 0. The molecule has 0 saturated carbocycles. The van der Waals surface area contributed by atoms with E-state index in [4.69, 9.17) is 9.84 Å². The van der Waals surface area contributed by atoms with Gasteiger partial charge in [-0.25, -0.2) is 0 Å². The van der Waals surface area contributed by atoms with Crippen LogP contribution < -0.4 is 5.32 Å². The molecule has 0 spiro atoms. The van der Waals surface area contributed by atoms with Crippen LogP contribution >= 0.6 is 0 Å². The topological polar surface area (TPSA) is 102 Å². The minimum absolute atomic E-state index is 0.243. The molecule has 7 nitrogen and oxygen atoms in total. The van der Waals surface area contributed by atoms with Crippen molar-refractivity contribution >= 4 is 5.91 Å². The van der Waals surface area contributed by atoms with Gasteiger partial charge in [-0.1, -0.05) is 6.58 Å². The van der Waals surface area contributed by atoms with Gasteiger partial charge in [0, 0.05) is 12.3 Å². The van der Waals surface area contributed by atoms with Gasteiger partial charge in [-0.05, 0) is 0 Å². The zero-order valence-electron chi connectivity index (χ0n) is 8.98. The third-order valence-electron chi connectivity index (χ3n) is 2.76. The molecular weight excluding hydrogens is 228 g/mol. The Morgan fingerprint density at radius 2 is 2.18 bits per heavy atom. The standard InChI is InChI=1S/C10H14N2O5/c1-5-11-7(14)2-3-12(5)10-9(16)8(15)6(4-13)17-10/h2-3,6,8-10,13,15-16H,1,4H2,(H,11,14)/t6-,8+,9?,10-/m1/s1. The molecule has 1 amide bonds. The fourth-order valence-corrected chi connectivity index (χ4v) is 1.83. The summed E-state index contributed by atoms with van der Waals surface area (Å²) in [5.41, 5.74) is 0. The zero-order chi connectivity index (χ0) is 12.6. The summed E-state index contributed by atoms with van der Waals surface area (Å²) in [6, 6.07) is 0. The van der Waals surface area contributed by atoms with E-state index >= 15 is 0 Å². The van der Waals surface area contributed by atoms with Gasteiger partial charge >= 0.3 is 0 Å². The summed E-state index contributed by atoms with van der Waals surface area (Å²) in [4.78, 5) is 12.4. The smallest absolute Gasteiger partial charge is 0.250 e. The summed E-state index contributed by atoms with van der Waals surface area (Å²) in [6.45, 7) is 3.21. The van der Waals surface area contributed by atoms with Crippen LogP contribution in [0.5, 0.6) is 0 Å². The Morgan fingerprint density at radius 1 is 1.47 bits per heavy atom. The molecule has 0 aromatic heterocycles. The summed E-state index contributed by atoms with van der Waals surface area (Å²) in [5.74, 6) is -0.0784. The number of nitrogens with zero attached hydrogens (tertiary/aromatic N) is 1. The zero-order valence-corrected chi connectivity index (χ0v) is 8.98. The first-order valence-corrected chi connectivity index (χ1v) is 5.13. The van der Waals surface area contributed by atoms with Crippen molar-refractivity contribution in [3.05, 3.63) is 24.7 Å². The van der Waals surface area contributed by atoms with Crippen molar-refractivity contribution in [3.63, 3.8) is 0 Å². The van der Waals surface area contributed by atoms with E-state index in [9.17, 15) is 15.0 Å². The van der Waals surface area contributed by atoms with Crippen molar-refractivity contribution in [2.24, 2.45) is 0 Å². The van der Waals surface area contributed by atoms with Gasteiger partial charge < -0.3 is 30.3 Å². The monoisotopic (exact) mass is 242 g/mol. The molecule has 2 heterocycles. The van der Waals surface area contributed by atoms with Gasteiger partial charge in [-0.3, -0.25) is 4.79 Å². The fraction of sp³-hybridized carbons (Fsp3) is 0.500. The molecule has 2 aliphatic heterocycles. The Kier molecular flexibility index (Phi) is 3.16. The number of aliphatic hydroxyl groups is 3. The van der Waals surface area contributed by atoms with Crippen LogP contribution in [0.15, 0.2) is 24.7 Å². The van der Waals surface area contributed by atoms with E-state index in [1.807, 2.05) is 0 Å². The molecule has 1 fully saturated rings. The maximum Gasteiger partial charge on any atom is 0.250 e. The van der Waals surface area contributed by atoms with Crippen LogP contribution in [-0.4, -0.2) is 57.3 Å². The Bertz CT molecular complexity index is 370. The second-order valence-corrected chi connectivity index (χ2v) is 3.89. The quantitative estimate of drug-likeness (QED) is 0.440. The van der Waals surface area contributed by atoms with E-state index in [0.717, 1.165) is 0 Å². The highest BCUT2D eigenvalue weighted by Crippen LogP contribution is 2.26. The number of carbonyl (C=O) groups is 1. The molecule has 7 heteroatoms. The summed E-state index contributed by atoms with van der Waals surface area (Å²) in [5, 5.41) is 30.8. The molecule has 0 aliphatic carbocycles. The molecule has 17 heavy (non-hydrogen) atoms. The van der Waals surface area contributed by atoms with Crippen LogP contribution in [0, 0.1) is 0 Å². The number of carbonyl (C=O) groups excluding carboxylic acids is 1. The van der Waals surface area contributed by atoms with Crippen LogP contribution in [0.2, 0.25) is 0 Å². The molecule has 0 radical (unpaired) electrons. The molecule has 2 aliphatic rings. The lowest BCUT2D eigenvalue weighted by atomic mass is 10.1. The van der Waals surface area contributed by atoms with Crippen LogP contribution in [0.4, 0.5) is 0 Å². The van der Waals surface area contributed by atoms with Gasteiger partial charge in [0.2, 0.25) is 0 Å². The predicted molar refractivity (Wildman–Crippen MR) is 56.0 cm³/mol. The van der Waals surface area contributed by atoms with E-state index in [1.54, 1.807) is 0 Å². The van der Waals surface area contributed by atoms with E-state index < -0.39 is 31.1 Å². The van der Waals surface area contributed by atoms with Crippen LogP contribution in [0.1, 0.15) is 0 Å². The first-order chi connectivity index (χ1) is 8.04. The lowest BCUT2D eigenvalue weighted by molar-refractivity contribution is -0.118. The average Bonchev–Trinajstić information content (AvgIpc) is 2.57. The molecule has 1 saturated heterocycles. The Balaban J connectivity index is 2.16. The molecular formula is C10H14N2O5. The Labute approximate surface area is 97.6 Å². The fourth-order valence-electron chi connectivity index (χ4n) is 1.83. The molecule has 1 unspecified atom stereocenters. The highest BCUT2D eigenvalue weighted by molar-refractivity contribution is 5.89. The number of aliphatic hydroxyl groups excluding tert-OH is 3. The summed E-state index contributed by atoms with van der Waals surface area (Å²) >= 11 is 0. The number of amides is 1. The van der Waals surface area contributed by atoms with Gasteiger partial charge in [-0.15, -0.1) is 0 Å². The average molecular weight is 242 g/mol. The lowest BCUT2D eigenvalue weighted by Gasteiger charge is -2.32. The van der Waals surface area contributed by atoms with Crippen molar-refractivity contribution in [1.29, 1.82) is 0 Å². The van der Waals surface area contributed by atoms with Crippen LogP contribution in [0.25, 0.3) is 0 Å². The van der Waals surface area contributed by atoms with E-state index in [0.29, 0.717) is 0 Å². The van der Waals surface area contributed by atoms with Gasteiger partial charge in [-0.2, -0.15) is 0 Å². The Hall–Kier alpha value is -1.41. The molecule has 94 valence electrons. The lowest BCUT2D eigenvalue weighted by Crippen LogP contribution is -2.46. The van der Waals surface area contributed by atoms with Crippen LogP contribution in [-0.2, 0) is 9.53 Å². The highest BCUT2D eigenvalue weighted by Gasteiger charge is 2.45. The SMILES string of the molecule is C=C1NC(=O)C=CN1[C@@H]1O[C@H](CO)[C@H](O)C1O. The molecule has 4 atom stereocenters. The second-order valence-electron chi connectivity index (χ2n) is 3.89. The van der Waals surface area contributed by atoms with Gasteiger partial charge in [0.05, 0.1) is 6.61 Å². The third-order valence-corrected chi connectivity index (χ3v) is 2.76. The van der Waals surface area contributed by atoms with Crippen molar-refractivity contribution in [2.75, 3.05) is 6.61 Å². The first kappa shape index (κ1) is 12.1. The number of hydrogen-bond acceptors (Lipinski definition) is 6. The van der Waals surface area contributed by atoms with Crippen molar-refractivity contribution in [3.8, 4) is 0 Å². The maximum atomic E-state index is 11.0. The number of nitrogens with one attached hydrogen (secondary N) is 1. The number of rotatable bonds is 2. The minimum Gasteiger partial charge on any atom is -0.394 e. The molecule has 2 rings (SSSR count). The van der Waals surface area contributed by atoms with E-state index in [1.165, 1.54) is 17.2 Å². The van der Waals surface area contributed by atoms with E-state index in [-0.39, 0.29) is 11.7 Å². The highest BCUT2D eigenvalue weighted by atomic mass is 16.6.